The first-order valence-corrected chi connectivity index (χ1v) is 6.16. The van der Waals surface area contributed by atoms with Crippen LogP contribution < -0.4 is 10.5 Å². The van der Waals surface area contributed by atoms with Crippen LogP contribution in [0.15, 0.2) is 30.5 Å². The molecule has 2 aromatic rings. The summed E-state index contributed by atoms with van der Waals surface area (Å²) in [6.07, 6.45) is 2.49. The summed E-state index contributed by atoms with van der Waals surface area (Å²) in [7, 11) is 0. The van der Waals surface area contributed by atoms with Crippen LogP contribution in [0.3, 0.4) is 0 Å². The van der Waals surface area contributed by atoms with Gasteiger partial charge in [-0.05, 0) is 42.7 Å². The van der Waals surface area contributed by atoms with E-state index in [0.29, 0.717) is 10.9 Å². The third-order valence-corrected chi connectivity index (χ3v) is 2.95. The number of nitrogen functional groups attached to an aromatic ring is 1. The van der Waals surface area contributed by atoms with Crippen LogP contribution in [0.5, 0.6) is 11.5 Å². The van der Waals surface area contributed by atoms with Gasteiger partial charge in [-0.1, -0.05) is 18.5 Å². The molecule has 94 valence electrons. The highest BCUT2D eigenvalue weighted by Crippen LogP contribution is 2.30. The molecule has 1 heterocycles. The highest BCUT2D eigenvalue weighted by atomic mass is 35.5. The smallest absolute Gasteiger partial charge is 0.132 e. The van der Waals surface area contributed by atoms with Gasteiger partial charge >= 0.3 is 0 Å². The highest BCUT2D eigenvalue weighted by molar-refractivity contribution is 6.29. The van der Waals surface area contributed by atoms with E-state index in [-0.39, 0.29) is 0 Å². The molecule has 0 saturated carbocycles. The third kappa shape index (κ3) is 2.74. The first-order chi connectivity index (χ1) is 8.60. The Morgan fingerprint density at radius 1 is 1.33 bits per heavy atom. The lowest BCUT2D eigenvalue weighted by Crippen LogP contribution is -1.96. The quantitative estimate of drug-likeness (QED) is 0.672. The van der Waals surface area contributed by atoms with Crippen molar-refractivity contribution in [1.29, 1.82) is 0 Å². The van der Waals surface area contributed by atoms with E-state index in [1.807, 2.05) is 19.1 Å². The zero-order valence-corrected chi connectivity index (χ0v) is 11.2. The predicted molar refractivity (Wildman–Crippen MR) is 74.3 cm³/mol. The van der Waals surface area contributed by atoms with E-state index in [1.54, 1.807) is 18.3 Å². The molecule has 0 bridgehead atoms. The lowest BCUT2D eigenvalue weighted by molar-refractivity contribution is 0.477. The van der Waals surface area contributed by atoms with Crippen molar-refractivity contribution in [1.82, 2.24) is 4.98 Å². The molecule has 0 saturated heterocycles. The van der Waals surface area contributed by atoms with Crippen LogP contribution in [0.25, 0.3) is 0 Å². The van der Waals surface area contributed by atoms with Crippen molar-refractivity contribution in [2.45, 2.75) is 20.3 Å². The number of anilines is 1. The lowest BCUT2D eigenvalue weighted by Gasteiger charge is -2.12. The topological polar surface area (TPSA) is 48.1 Å². The van der Waals surface area contributed by atoms with Gasteiger partial charge in [-0.15, -0.1) is 0 Å². The molecule has 0 aliphatic carbocycles. The number of hydrogen-bond acceptors (Lipinski definition) is 3. The zero-order valence-electron chi connectivity index (χ0n) is 10.4. The summed E-state index contributed by atoms with van der Waals surface area (Å²) >= 11 is 5.82. The monoisotopic (exact) mass is 262 g/mol. The summed E-state index contributed by atoms with van der Waals surface area (Å²) in [5.74, 6) is 1.47. The van der Waals surface area contributed by atoms with E-state index in [9.17, 15) is 0 Å². The molecule has 18 heavy (non-hydrogen) atoms. The predicted octanol–water partition coefficient (Wildman–Crippen LogP) is 3.98. The molecule has 0 fully saturated rings. The molecule has 2 rings (SSSR count). The number of aromatic nitrogens is 1. The van der Waals surface area contributed by atoms with Crippen LogP contribution in [-0.4, -0.2) is 4.98 Å². The molecule has 0 aliphatic rings. The number of rotatable bonds is 3. The molecule has 0 aliphatic heterocycles. The van der Waals surface area contributed by atoms with Crippen molar-refractivity contribution in [3.05, 3.63) is 46.7 Å². The fourth-order valence-electron chi connectivity index (χ4n) is 1.74. The van der Waals surface area contributed by atoms with Crippen molar-refractivity contribution >= 4 is 17.3 Å². The summed E-state index contributed by atoms with van der Waals surface area (Å²) in [5, 5.41) is 0.413. The standard InChI is InChI=1S/C14H15ClN2O/c1-3-10-7-13(9(2)6-12(10)16)18-11-4-5-17-14(15)8-11/h4-8H,3,16H2,1-2H3. The van der Waals surface area contributed by atoms with E-state index in [2.05, 4.69) is 11.9 Å². The van der Waals surface area contributed by atoms with E-state index >= 15 is 0 Å². The summed E-state index contributed by atoms with van der Waals surface area (Å²) in [6, 6.07) is 7.35. The van der Waals surface area contributed by atoms with Crippen LogP contribution in [-0.2, 0) is 6.42 Å². The average molecular weight is 263 g/mol. The third-order valence-electron chi connectivity index (χ3n) is 2.74. The number of hydrogen-bond donors (Lipinski definition) is 1. The normalized spacial score (nSPS) is 10.4. The fourth-order valence-corrected chi connectivity index (χ4v) is 1.91. The molecular formula is C14H15ClN2O. The molecule has 0 unspecified atom stereocenters. The number of halogens is 1. The minimum atomic E-state index is 0.413. The van der Waals surface area contributed by atoms with Gasteiger partial charge in [0, 0.05) is 18.0 Å². The maximum absolute atomic E-state index is 5.93. The van der Waals surface area contributed by atoms with E-state index < -0.39 is 0 Å². The van der Waals surface area contributed by atoms with Gasteiger partial charge in [-0.2, -0.15) is 0 Å². The van der Waals surface area contributed by atoms with Gasteiger partial charge in [-0.3, -0.25) is 0 Å². The SMILES string of the molecule is CCc1cc(Oc2ccnc(Cl)c2)c(C)cc1N. The second-order valence-corrected chi connectivity index (χ2v) is 4.47. The number of ether oxygens (including phenoxy) is 1. The molecule has 1 aromatic carbocycles. The first-order valence-electron chi connectivity index (χ1n) is 5.78. The van der Waals surface area contributed by atoms with Crippen LogP contribution >= 0.6 is 11.6 Å². The Kier molecular flexibility index (Phi) is 3.72. The second kappa shape index (κ2) is 5.27. The molecule has 4 heteroatoms. The van der Waals surface area contributed by atoms with E-state index in [4.69, 9.17) is 22.1 Å². The van der Waals surface area contributed by atoms with Gasteiger partial charge in [0.05, 0.1) is 0 Å². The van der Waals surface area contributed by atoms with Crippen molar-refractivity contribution in [3.8, 4) is 11.5 Å². The largest absolute Gasteiger partial charge is 0.457 e. The van der Waals surface area contributed by atoms with Gasteiger partial charge in [0.25, 0.3) is 0 Å². The number of pyridine rings is 1. The van der Waals surface area contributed by atoms with Gasteiger partial charge in [0.1, 0.15) is 16.7 Å². The van der Waals surface area contributed by atoms with E-state index in [1.165, 1.54) is 0 Å². The molecule has 0 atom stereocenters. The maximum Gasteiger partial charge on any atom is 0.132 e. The van der Waals surface area contributed by atoms with Gasteiger partial charge in [0.2, 0.25) is 0 Å². The maximum atomic E-state index is 5.93. The highest BCUT2D eigenvalue weighted by Gasteiger charge is 2.06. The minimum absolute atomic E-state index is 0.413. The van der Waals surface area contributed by atoms with Crippen LogP contribution in [0.1, 0.15) is 18.1 Å². The summed E-state index contributed by atoms with van der Waals surface area (Å²) < 4.78 is 5.81. The first kappa shape index (κ1) is 12.7. The van der Waals surface area contributed by atoms with Gasteiger partial charge in [-0.25, -0.2) is 4.98 Å². The Morgan fingerprint density at radius 2 is 2.11 bits per heavy atom. The van der Waals surface area contributed by atoms with Crippen molar-refractivity contribution in [2.75, 3.05) is 5.73 Å². The Hall–Kier alpha value is -1.74. The van der Waals surface area contributed by atoms with Crippen LogP contribution in [0, 0.1) is 6.92 Å². The number of nitrogens with two attached hydrogens (primary N) is 1. The Balaban J connectivity index is 2.34. The Labute approximate surface area is 112 Å². The second-order valence-electron chi connectivity index (χ2n) is 4.09. The zero-order chi connectivity index (χ0) is 13.1. The van der Waals surface area contributed by atoms with E-state index in [0.717, 1.165) is 29.0 Å². The summed E-state index contributed by atoms with van der Waals surface area (Å²) in [4.78, 5) is 3.92. The Morgan fingerprint density at radius 3 is 2.78 bits per heavy atom. The molecule has 0 radical (unpaired) electrons. The molecule has 0 spiro atoms. The number of nitrogens with zero attached hydrogens (tertiary/aromatic N) is 1. The molecule has 2 N–H and O–H groups in total. The summed E-state index contributed by atoms with van der Waals surface area (Å²) in [6.45, 7) is 4.03. The summed E-state index contributed by atoms with van der Waals surface area (Å²) in [5.41, 5.74) is 8.81. The van der Waals surface area contributed by atoms with Gasteiger partial charge < -0.3 is 10.5 Å². The molecule has 0 amide bonds. The van der Waals surface area contributed by atoms with Crippen molar-refractivity contribution < 1.29 is 4.74 Å². The Bertz CT molecular complexity index is 570. The fraction of sp³-hybridized carbons (Fsp3) is 0.214. The van der Waals surface area contributed by atoms with Crippen molar-refractivity contribution in [2.24, 2.45) is 0 Å². The molecular weight excluding hydrogens is 248 g/mol. The number of benzene rings is 1. The number of aryl methyl sites for hydroxylation is 2. The average Bonchev–Trinajstić information content (AvgIpc) is 2.33. The molecule has 1 aromatic heterocycles. The van der Waals surface area contributed by atoms with Crippen molar-refractivity contribution in [3.63, 3.8) is 0 Å². The van der Waals surface area contributed by atoms with Gasteiger partial charge in [0.15, 0.2) is 0 Å². The van der Waals surface area contributed by atoms with Crippen LogP contribution in [0.4, 0.5) is 5.69 Å². The van der Waals surface area contributed by atoms with Crippen LogP contribution in [0.2, 0.25) is 5.15 Å². The molecule has 3 nitrogen and oxygen atoms in total. The lowest BCUT2D eigenvalue weighted by atomic mass is 10.1. The minimum Gasteiger partial charge on any atom is -0.457 e.